The van der Waals surface area contributed by atoms with Gasteiger partial charge in [0, 0.05) is 0 Å². The molecule has 0 nitrogen and oxygen atoms in total. The Labute approximate surface area is 93.0 Å². The zero-order valence-electron chi connectivity index (χ0n) is 9.47. The van der Waals surface area contributed by atoms with Crippen LogP contribution in [-0.2, 0) is 6.42 Å². The third-order valence-corrected chi connectivity index (χ3v) is 3.31. The van der Waals surface area contributed by atoms with Gasteiger partial charge in [0.1, 0.15) is 0 Å². The van der Waals surface area contributed by atoms with E-state index < -0.39 is 0 Å². The van der Waals surface area contributed by atoms with Crippen molar-refractivity contribution in [1.82, 2.24) is 0 Å². The van der Waals surface area contributed by atoms with E-state index in [9.17, 15) is 0 Å². The molecule has 0 aromatic heterocycles. The quantitative estimate of drug-likeness (QED) is 0.574. The first-order valence-corrected chi connectivity index (χ1v) is 6.13. The van der Waals surface area contributed by atoms with Crippen LogP contribution in [0.15, 0.2) is 30.8 Å². The summed E-state index contributed by atoms with van der Waals surface area (Å²) in [7, 11) is 0. The molecule has 0 atom stereocenters. The van der Waals surface area contributed by atoms with Crippen molar-refractivity contribution in [3.63, 3.8) is 0 Å². The summed E-state index contributed by atoms with van der Waals surface area (Å²) < 4.78 is 0. The van der Waals surface area contributed by atoms with E-state index in [-0.39, 0.29) is 0 Å². The first-order chi connectivity index (χ1) is 7.36. The minimum Gasteiger partial charge on any atom is -0.0952 e. The molecule has 3 rings (SSSR count). The zero-order valence-corrected chi connectivity index (χ0v) is 9.47. The summed E-state index contributed by atoms with van der Waals surface area (Å²) in [5, 5.41) is 0. The Morgan fingerprint density at radius 2 is 1.33 bits per heavy atom. The molecule has 0 saturated carbocycles. The number of hydrogen-bond donors (Lipinski definition) is 0. The van der Waals surface area contributed by atoms with Gasteiger partial charge in [-0.25, -0.2) is 0 Å². The smallest absolute Gasteiger partial charge is 0.0230 e. The van der Waals surface area contributed by atoms with Gasteiger partial charge in [0.15, 0.2) is 0 Å². The van der Waals surface area contributed by atoms with Crippen molar-refractivity contribution in [2.75, 3.05) is 0 Å². The van der Waals surface area contributed by atoms with Gasteiger partial charge in [0.05, 0.1) is 0 Å². The van der Waals surface area contributed by atoms with Gasteiger partial charge < -0.3 is 0 Å². The van der Waals surface area contributed by atoms with E-state index in [4.69, 9.17) is 0 Å². The molecule has 0 saturated heterocycles. The average molecular weight is 200 g/mol. The van der Waals surface area contributed by atoms with E-state index in [0.29, 0.717) is 0 Å². The second-order valence-corrected chi connectivity index (χ2v) is 4.57. The number of allylic oxidation sites excluding steroid dienone is 1. The van der Waals surface area contributed by atoms with Crippen LogP contribution in [-0.4, -0.2) is 0 Å². The normalized spacial score (nSPS) is 18.3. The molecular weight excluding hydrogens is 180 g/mol. The molecule has 1 aromatic rings. The Morgan fingerprint density at radius 1 is 0.733 bits per heavy atom. The predicted molar refractivity (Wildman–Crippen MR) is 66.9 cm³/mol. The highest BCUT2D eigenvalue weighted by atomic mass is 14.1. The van der Waals surface area contributed by atoms with Crippen LogP contribution >= 0.6 is 0 Å². The molecule has 2 bridgehead atoms. The lowest BCUT2D eigenvalue weighted by Crippen LogP contribution is -1.91. The van der Waals surface area contributed by atoms with Crippen molar-refractivity contribution in [2.45, 2.75) is 44.9 Å². The van der Waals surface area contributed by atoms with Crippen molar-refractivity contribution in [3.05, 3.63) is 42.0 Å². The van der Waals surface area contributed by atoms with Gasteiger partial charge in [0.25, 0.3) is 0 Å². The minimum absolute atomic E-state index is 1.17. The van der Waals surface area contributed by atoms with Gasteiger partial charge in [-0.05, 0) is 42.4 Å². The van der Waals surface area contributed by atoms with Crippen LogP contribution in [0.4, 0.5) is 0 Å². The maximum atomic E-state index is 4.17. The van der Waals surface area contributed by atoms with E-state index in [2.05, 4.69) is 30.8 Å². The van der Waals surface area contributed by atoms with Gasteiger partial charge in [-0.15, -0.1) is 0 Å². The lowest BCUT2D eigenvalue weighted by atomic mass is 9.96. The fourth-order valence-electron chi connectivity index (χ4n) is 2.25. The van der Waals surface area contributed by atoms with E-state index in [1.807, 2.05) is 0 Å². The standard InChI is InChI=1S/C15H20/c1-13-7-5-3-2-4-6-8-14-9-11-15(13)12-10-14/h9-12H,1-8H2. The van der Waals surface area contributed by atoms with Crippen LogP contribution in [0.1, 0.15) is 49.7 Å². The molecule has 2 aliphatic carbocycles. The van der Waals surface area contributed by atoms with E-state index in [1.165, 1.54) is 61.6 Å². The molecule has 80 valence electrons. The molecule has 0 N–H and O–H groups in total. The molecule has 2 aliphatic rings. The first kappa shape index (κ1) is 10.5. The molecular formula is C15H20. The Kier molecular flexibility index (Phi) is 3.60. The molecule has 0 fully saturated rings. The molecule has 0 amide bonds. The molecule has 1 aromatic carbocycles. The maximum absolute atomic E-state index is 4.17. The number of benzene rings is 1. The van der Waals surface area contributed by atoms with Crippen LogP contribution in [0.3, 0.4) is 0 Å². The third-order valence-electron chi connectivity index (χ3n) is 3.31. The average Bonchev–Trinajstić information content (AvgIpc) is 2.26. The van der Waals surface area contributed by atoms with Gasteiger partial charge in [-0.1, -0.05) is 50.1 Å². The van der Waals surface area contributed by atoms with E-state index in [0.717, 1.165) is 0 Å². The SMILES string of the molecule is C=C1CCCCCCCc2ccc1cc2. The van der Waals surface area contributed by atoms with Crippen LogP contribution < -0.4 is 0 Å². The van der Waals surface area contributed by atoms with Crippen molar-refractivity contribution in [1.29, 1.82) is 0 Å². The highest BCUT2D eigenvalue weighted by Crippen LogP contribution is 2.22. The Balaban J connectivity index is 2.15. The van der Waals surface area contributed by atoms with Crippen molar-refractivity contribution < 1.29 is 0 Å². The van der Waals surface area contributed by atoms with E-state index >= 15 is 0 Å². The van der Waals surface area contributed by atoms with E-state index in [1.54, 1.807) is 0 Å². The fraction of sp³-hybridized carbons (Fsp3) is 0.467. The number of aryl methyl sites for hydroxylation is 1. The summed E-state index contributed by atoms with van der Waals surface area (Å²) in [6, 6.07) is 9.00. The fourth-order valence-corrected chi connectivity index (χ4v) is 2.25. The lowest BCUT2D eigenvalue weighted by molar-refractivity contribution is 0.619. The van der Waals surface area contributed by atoms with Gasteiger partial charge in [0.2, 0.25) is 0 Å². The predicted octanol–water partition coefficient (Wildman–Crippen LogP) is 4.60. The minimum atomic E-state index is 1.17. The topological polar surface area (TPSA) is 0 Å². The summed E-state index contributed by atoms with van der Waals surface area (Å²) in [5.41, 5.74) is 4.12. The van der Waals surface area contributed by atoms with Crippen molar-refractivity contribution in [2.24, 2.45) is 0 Å². The largest absolute Gasteiger partial charge is 0.0952 e. The van der Waals surface area contributed by atoms with Gasteiger partial charge >= 0.3 is 0 Å². The number of hydrogen-bond acceptors (Lipinski definition) is 0. The zero-order chi connectivity index (χ0) is 10.5. The number of rotatable bonds is 0. The highest BCUT2D eigenvalue weighted by Gasteiger charge is 2.02. The van der Waals surface area contributed by atoms with Crippen LogP contribution in [0.2, 0.25) is 0 Å². The molecule has 0 heteroatoms. The summed E-state index contributed by atoms with van der Waals surface area (Å²) >= 11 is 0. The van der Waals surface area contributed by atoms with Crippen LogP contribution in [0.25, 0.3) is 5.57 Å². The Bertz CT molecular complexity index is 318. The van der Waals surface area contributed by atoms with Crippen LogP contribution in [0, 0.1) is 0 Å². The molecule has 0 radical (unpaired) electrons. The second kappa shape index (κ2) is 5.16. The first-order valence-electron chi connectivity index (χ1n) is 6.13. The second-order valence-electron chi connectivity index (χ2n) is 4.57. The van der Waals surface area contributed by atoms with Crippen molar-refractivity contribution >= 4 is 5.57 Å². The number of fused-ring (bicyclic) bond motifs is 9. The summed E-state index contributed by atoms with van der Waals surface area (Å²) in [6.07, 6.45) is 9.21. The molecule has 0 aliphatic heterocycles. The lowest BCUT2D eigenvalue weighted by Gasteiger charge is -2.09. The monoisotopic (exact) mass is 200 g/mol. The summed E-state index contributed by atoms with van der Waals surface area (Å²) in [5.74, 6) is 0. The summed E-state index contributed by atoms with van der Waals surface area (Å²) in [6.45, 7) is 4.17. The molecule has 0 spiro atoms. The maximum Gasteiger partial charge on any atom is -0.0230 e. The third kappa shape index (κ3) is 2.95. The Hall–Kier alpha value is -1.04. The summed E-state index contributed by atoms with van der Waals surface area (Å²) in [4.78, 5) is 0. The molecule has 15 heavy (non-hydrogen) atoms. The molecule has 0 heterocycles. The van der Waals surface area contributed by atoms with Gasteiger partial charge in [-0.2, -0.15) is 0 Å². The van der Waals surface area contributed by atoms with Crippen LogP contribution in [0.5, 0.6) is 0 Å². The van der Waals surface area contributed by atoms with Gasteiger partial charge in [-0.3, -0.25) is 0 Å². The highest BCUT2D eigenvalue weighted by molar-refractivity contribution is 5.63. The Morgan fingerprint density at radius 3 is 2.07 bits per heavy atom. The van der Waals surface area contributed by atoms with Crippen molar-refractivity contribution in [3.8, 4) is 0 Å². The molecule has 0 unspecified atom stereocenters.